The van der Waals surface area contributed by atoms with E-state index in [9.17, 15) is 0 Å². The van der Waals surface area contributed by atoms with Crippen LogP contribution in [0.25, 0.3) is 0 Å². The van der Waals surface area contributed by atoms with E-state index in [1.165, 1.54) is 11.1 Å². The molecule has 2 aromatic rings. The minimum Gasteiger partial charge on any atom is -0.183 e. The van der Waals surface area contributed by atoms with E-state index in [1.54, 1.807) is 0 Å². The van der Waals surface area contributed by atoms with Crippen LogP contribution in [-0.2, 0) is 0 Å². The highest BCUT2D eigenvalue weighted by Gasteiger charge is 2.16. The first-order valence-electron chi connectivity index (χ1n) is 5.35. The van der Waals surface area contributed by atoms with Crippen LogP contribution in [-0.4, -0.2) is 0 Å². The summed E-state index contributed by atoms with van der Waals surface area (Å²) >= 11 is 6.42. The Morgan fingerprint density at radius 3 is 2.31 bits per heavy atom. The molecule has 16 heavy (non-hydrogen) atoms. The molecule has 0 aliphatic rings. The van der Waals surface area contributed by atoms with Crippen molar-refractivity contribution in [1.82, 2.24) is 0 Å². The molecule has 0 saturated heterocycles. The van der Waals surface area contributed by atoms with Crippen molar-refractivity contribution >= 4 is 11.6 Å². The van der Waals surface area contributed by atoms with Gasteiger partial charge >= 0.3 is 0 Å². The third-order valence-electron chi connectivity index (χ3n) is 2.58. The first-order valence-corrected chi connectivity index (χ1v) is 5.78. The third-order valence-corrected chi connectivity index (χ3v) is 3.06. The number of aryl methyl sites for hydroxylation is 2. The molecule has 0 bridgehead atoms. The van der Waals surface area contributed by atoms with E-state index < -0.39 is 0 Å². The van der Waals surface area contributed by atoms with Gasteiger partial charge in [0.25, 0.3) is 5.50 Å². The lowest BCUT2D eigenvalue weighted by atomic mass is 10.1. The fourth-order valence-electron chi connectivity index (χ4n) is 1.65. The predicted octanol–water partition coefficient (Wildman–Crippen LogP) is 3.38. The zero-order valence-electron chi connectivity index (χ0n) is 9.52. The van der Waals surface area contributed by atoms with Crippen molar-refractivity contribution < 1.29 is 4.57 Å². The van der Waals surface area contributed by atoms with Crippen LogP contribution in [0.2, 0.25) is 0 Å². The van der Waals surface area contributed by atoms with E-state index in [2.05, 4.69) is 50.4 Å². The van der Waals surface area contributed by atoms with Gasteiger partial charge in [-0.05, 0) is 31.5 Å². The summed E-state index contributed by atoms with van der Waals surface area (Å²) in [4.78, 5) is 0. The molecule has 0 aliphatic carbocycles. The van der Waals surface area contributed by atoms with Gasteiger partial charge in [-0.3, -0.25) is 0 Å². The van der Waals surface area contributed by atoms with Crippen molar-refractivity contribution in [1.29, 1.82) is 0 Å². The molecule has 1 aromatic carbocycles. The van der Waals surface area contributed by atoms with Crippen molar-refractivity contribution in [3.8, 4) is 0 Å². The summed E-state index contributed by atoms with van der Waals surface area (Å²) in [7, 11) is 0. The van der Waals surface area contributed by atoms with E-state index in [1.807, 2.05) is 16.8 Å². The summed E-state index contributed by atoms with van der Waals surface area (Å²) in [6, 6.07) is 12.4. The highest BCUT2D eigenvalue weighted by Crippen LogP contribution is 2.17. The second-order valence-corrected chi connectivity index (χ2v) is 4.49. The molecular weight excluding hydrogens is 218 g/mol. The summed E-state index contributed by atoms with van der Waals surface area (Å²) in [5.41, 5.74) is 3.44. The van der Waals surface area contributed by atoms with Crippen molar-refractivity contribution in [2.24, 2.45) is 0 Å². The van der Waals surface area contributed by atoms with Crippen molar-refractivity contribution in [2.45, 2.75) is 19.3 Å². The standard InChI is InChI=1S/C14H15ClN/c1-11-5-7-13(8-6-11)14(15)16-9-3-4-12(2)10-16/h3-10,14H,1-2H3/q+1. The number of halogens is 1. The number of hydrogen-bond donors (Lipinski definition) is 0. The van der Waals surface area contributed by atoms with Gasteiger partial charge in [-0.1, -0.05) is 29.8 Å². The van der Waals surface area contributed by atoms with Crippen LogP contribution in [0.1, 0.15) is 22.2 Å². The summed E-state index contributed by atoms with van der Waals surface area (Å²) in [6.07, 6.45) is 4.04. The molecule has 0 aliphatic heterocycles. The van der Waals surface area contributed by atoms with Crippen molar-refractivity contribution in [2.75, 3.05) is 0 Å². The zero-order chi connectivity index (χ0) is 11.5. The molecule has 0 spiro atoms. The van der Waals surface area contributed by atoms with Crippen LogP contribution in [0.15, 0.2) is 48.8 Å². The number of pyridine rings is 1. The first kappa shape index (κ1) is 11.2. The quantitative estimate of drug-likeness (QED) is 0.552. The lowest BCUT2D eigenvalue weighted by Crippen LogP contribution is -2.36. The first-order chi connectivity index (χ1) is 7.66. The van der Waals surface area contributed by atoms with E-state index >= 15 is 0 Å². The van der Waals surface area contributed by atoms with Gasteiger partial charge in [-0.25, -0.2) is 0 Å². The van der Waals surface area contributed by atoms with Gasteiger partial charge in [0.2, 0.25) is 0 Å². The Hall–Kier alpha value is -1.34. The number of aromatic nitrogens is 1. The number of hydrogen-bond acceptors (Lipinski definition) is 0. The molecule has 1 aromatic heterocycles. The smallest absolute Gasteiger partial charge is 0.183 e. The maximum absolute atomic E-state index is 6.42. The van der Waals surface area contributed by atoms with Gasteiger partial charge in [-0.15, -0.1) is 0 Å². The summed E-state index contributed by atoms with van der Waals surface area (Å²) in [6.45, 7) is 4.14. The molecule has 0 radical (unpaired) electrons. The number of rotatable bonds is 2. The van der Waals surface area contributed by atoms with Gasteiger partial charge < -0.3 is 0 Å². The lowest BCUT2D eigenvalue weighted by molar-refractivity contribution is -0.694. The van der Waals surface area contributed by atoms with Gasteiger partial charge in [0.1, 0.15) is 0 Å². The summed E-state index contributed by atoms with van der Waals surface area (Å²) in [5.74, 6) is 0. The molecule has 0 fully saturated rings. The Balaban J connectivity index is 2.31. The Morgan fingerprint density at radius 2 is 1.69 bits per heavy atom. The lowest BCUT2D eigenvalue weighted by Gasteiger charge is -2.06. The van der Waals surface area contributed by atoms with Crippen LogP contribution in [0.5, 0.6) is 0 Å². The second-order valence-electron chi connectivity index (χ2n) is 4.07. The number of nitrogens with zero attached hydrogens (tertiary/aromatic N) is 1. The van der Waals surface area contributed by atoms with Crippen LogP contribution in [0, 0.1) is 13.8 Å². The molecular formula is C14H15ClN+. The maximum Gasteiger partial charge on any atom is 0.258 e. The molecule has 82 valence electrons. The normalized spacial score (nSPS) is 12.4. The molecule has 1 unspecified atom stereocenters. The van der Waals surface area contributed by atoms with Crippen LogP contribution < -0.4 is 4.57 Å². The number of alkyl halides is 1. The third kappa shape index (κ3) is 2.42. The van der Waals surface area contributed by atoms with Gasteiger partial charge in [-0.2, -0.15) is 4.57 Å². The Bertz CT molecular complexity index is 476. The molecule has 0 saturated carbocycles. The minimum atomic E-state index is -0.138. The van der Waals surface area contributed by atoms with Crippen molar-refractivity contribution in [3.63, 3.8) is 0 Å². The molecule has 1 nitrogen and oxygen atoms in total. The average molecular weight is 233 g/mol. The van der Waals surface area contributed by atoms with Crippen LogP contribution in [0.3, 0.4) is 0 Å². The summed E-state index contributed by atoms with van der Waals surface area (Å²) < 4.78 is 2.02. The highest BCUT2D eigenvalue weighted by atomic mass is 35.5. The highest BCUT2D eigenvalue weighted by molar-refractivity contribution is 6.19. The van der Waals surface area contributed by atoms with Crippen molar-refractivity contribution in [3.05, 3.63) is 65.5 Å². The molecule has 2 heteroatoms. The van der Waals surface area contributed by atoms with E-state index in [-0.39, 0.29) is 5.50 Å². The summed E-state index contributed by atoms with van der Waals surface area (Å²) in [5, 5.41) is 0. The SMILES string of the molecule is Cc1ccc(C(Cl)[n+]2cccc(C)c2)cc1. The Labute approximate surface area is 101 Å². The molecule has 2 rings (SSSR count). The monoisotopic (exact) mass is 232 g/mol. The zero-order valence-corrected chi connectivity index (χ0v) is 10.3. The molecule has 0 N–H and O–H groups in total. The largest absolute Gasteiger partial charge is 0.258 e. The van der Waals surface area contributed by atoms with Crippen LogP contribution >= 0.6 is 11.6 Å². The Morgan fingerprint density at radius 1 is 1.00 bits per heavy atom. The van der Waals surface area contributed by atoms with Gasteiger partial charge in [0.05, 0.1) is 0 Å². The second kappa shape index (κ2) is 4.67. The van der Waals surface area contributed by atoms with E-state index in [4.69, 9.17) is 11.6 Å². The van der Waals surface area contributed by atoms with Crippen LogP contribution in [0.4, 0.5) is 0 Å². The van der Waals surface area contributed by atoms with E-state index in [0.717, 1.165) is 5.56 Å². The average Bonchev–Trinajstić information content (AvgIpc) is 2.29. The van der Waals surface area contributed by atoms with Gasteiger partial charge in [0.15, 0.2) is 12.4 Å². The number of benzene rings is 1. The van der Waals surface area contributed by atoms with E-state index in [0.29, 0.717) is 0 Å². The fourth-order valence-corrected chi connectivity index (χ4v) is 1.92. The molecule has 1 atom stereocenters. The fraction of sp³-hybridized carbons (Fsp3) is 0.214. The minimum absolute atomic E-state index is 0.138. The topological polar surface area (TPSA) is 3.88 Å². The molecule has 0 amide bonds. The molecule has 1 heterocycles. The maximum atomic E-state index is 6.42. The predicted molar refractivity (Wildman–Crippen MR) is 66.5 cm³/mol. The van der Waals surface area contributed by atoms with Gasteiger partial charge in [0, 0.05) is 17.2 Å². The Kier molecular flexibility index (Phi) is 3.25.